The number of aromatic nitrogens is 1. The van der Waals surface area contributed by atoms with E-state index in [1.54, 1.807) is 13.0 Å². The minimum Gasteiger partial charge on any atom is -0.351 e. The highest BCUT2D eigenvalue weighted by Gasteiger charge is 2.36. The molecule has 0 aliphatic rings. The largest absolute Gasteiger partial charge is 0.452 e. The van der Waals surface area contributed by atoms with Crippen LogP contribution in [-0.2, 0) is 22.6 Å². The molecule has 1 aromatic heterocycles. The van der Waals surface area contributed by atoms with Crippen LogP contribution in [0.5, 0.6) is 0 Å². The molecule has 2 rings (SSSR count). The average Bonchev–Trinajstić information content (AvgIpc) is 3.04. The molecule has 2 aromatic rings. The Kier molecular flexibility index (Phi) is 6.09. The van der Waals surface area contributed by atoms with Gasteiger partial charge in [-0.15, -0.1) is 0 Å². The summed E-state index contributed by atoms with van der Waals surface area (Å²) in [6.45, 7) is 2.52. The van der Waals surface area contributed by atoms with Crippen LogP contribution in [0.1, 0.15) is 18.2 Å². The Morgan fingerprint density at radius 1 is 1.23 bits per heavy atom. The number of aryl methyl sites for hydroxylation is 1. The molecular weight excluding hydrogens is 371 g/mol. The van der Waals surface area contributed by atoms with Crippen LogP contribution < -0.4 is 4.72 Å². The van der Waals surface area contributed by atoms with Crippen LogP contribution in [0.2, 0.25) is 0 Å². The fourth-order valence-corrected chi connectivity index (χ4v) is 3.64. The zero-order chi connectivity index (χ0) is 19.5. The number of alkyl halides is 3. The third-order valence-electron chi connectivity index (χ3n) is 3.67. The number of sulfonamides is 1. The van der Waals surface area contributed by atoms with Crippen molar-refractivity contribution in [2.75, 3.05) is 27.2 Å². The van der Waals surface area contributed by atoms with Crippen LogP contribution in [0, 0.1) is 0 Å². The average molecular weight is 391 g/mol. The minimum atomic E-state index is -4.66. The summed E-state index contributed by atoms with van der Waals surface area (Å²) in [5.41, 5.74) is 0.713. The molecule has 0 bridgehead atoms. The molecule has 0 unspecified atom stereocenters. The van der Waals surface area contributed by atoms with Crippen molar-refractivity contribution in [1.82, 2.24) is 14.8 Å². The molecule has 1 heterocycles. The molecule has 0 radical (unpaired) electrons. The number of nitrogens with zero attached hydrogens (tertiary/aromatic N) is 2. The fraction of sp³-hybridized carbons (Fsp3) is 0.438. The van der Waals surface area contributed by atoms with E-state index in [2.05, 4.69) is 14.4 Å². The zero-order valence-electron chi connectivity index (χ0n) is 14.6. The van der Waals surface area contributed by atoms with Crippen molar-refractivity contribution in [3.63, 3.8) is 0 Å². The van der Waals surface area contributed by atoms with Crippen molar-refractivity contribution >= 4 is 10.0 Å². The molecule has 0 amide bonds. The summed E-state index contributed by atoms with van der Waals surface area (Å²) >= 11 is 0. The van der Waals surface area contributed by atoms with Crippen LogP contribution in [0.15, 0.2) is 33.7 Å². The first-order valence-corrected chi connectivity index (χ1v) is 9.34. The zero-order valence-corrected chi connectivity index (χ0v) is 15.4. The lowest BCUT2D eigenvalue weighted by Crippen LogP contribution is -2.31. The van der Waals surface area contributed by atoms with Crippen molar-refractivity contribution in [1.29, 1.82) is 0 Å². The van der Waals surface area contributed by atoms with Crippen molar-refractivity contribution < 1.29 is 26.1 Å². The maximum absolute atomic E-state index is 12.7. The molecule has 0 saturated heterocycles. The number of rotatable bonds is 7. The first-order valence-electron chi connectivity index (χ1n) is 7.86. The molecular formula is C16H20F3N3O3S. The fourth-order valence-electron chi connectivity index (χ4n) is 2.28. The van der Waals surface area contributed by atoms with Crippen molar-refractivity contribution in [3.05, 3.63) is 35.6 Å². The van der Waals surface area contributed by atoms with E-state index in [0.29, 0.717) is 18.5 Å². The molecule has 0 fully saturated rings. The first-order chi connectivity index (χ1) is 12.0. The number of halogens is 3. The Balaban J connectivity index is 2.38. The van der Waals surface area contributed by atoms with Gasteiger partial charge in [-0.1, -0.05) is 24.2 Å². The maximum atomic E-state index is 12.7. The Morgan fingerprint density at radius 2 is 1.92 bits per heavy atom. The Hall–Kier alpha value is -1.91. The van der Waals surface area contributed by atoms with E-state index in [4.69, 9.17) is 0 Å². The quantitative estimate of drug-likeness (QED) is 0.786. The summed E-state index contributed by atoms with van der Waals surface area (Å²) in [4.78, 5) is 1.85. The van der Waals surface area contributed by atoms with Gasteiger partial charge in [0.05, 0.1) is 4.90 Å². The van der Waals surface area contributed by atoms with Gasteiger partial charge in [0.1, 0.15) is 5.69 Å². The number of nitrogens with one attached hydrogen (secondary N) is 1. The lowest BCUT2D eigenvalue weighted by atomic mass is 10.1. The summed E-state index contributed by atoms with van der Waals surface area (Å²) in [6, 6.07) is 5.15. The molecule has 0 aliphatic carbocycles. The number of hydrogen-bond donors (Lipinski definition) is 1. The molecule has 26 heavy (non-hydrogen) atoms. The predicted molar refractivity (Wildman–Crippen MR) is 90.1 cm³/mol. The van der Waals surface area contributed by atoms with Crippen LogP contribution in [0.4, 0.5) is 13.2 Å². The molecule has 144 valence electrons. The standard InChI is InChI=1S/C16H20F3N3O3S/c1-4-11-5-6-12(13-10-15(25-21-13)16(17,18)19)9-14(11)26(23,24)20-7-8-22(2)3/h5-6,9-10,20H,4,7-8H2,1-3H3. The third kappa shape index (κ3) is 4.83. The monoisotopic (exact) mass is 391 g/mol. The van der Waals surface area contributed by atoms with Crippen LogP contribution in [0.25, 0.3) is 11.3 Å². The van der Waals surface area contributed by atoms with Gasteiger partial charge in [0.15, 0.2) is 0 Å². The number of hydrogen-bond acceptors (Lipinski definition) is 5. The van der Waals surface area contributed by atoms with Crippen molar-refractivity contribution in [2.45, 2.75) is 24.4 Å². The van der Waals surface area contributed by atoms with Gasteiger partial charge in [-0.2, -0.15) is 13.2 Å². The molecule has 6 nitrogen and oxygen atoms in total. The second-order valence-electron chi connectivity index (χ2n) is 5.95. The Morgan fingerprint density at radius 3 is 2.46 bits per heavy atom. The van der Waals surface area contributed by atoms with E-state index in [0.717, 1.165) is 6.07 Å². The second kappa shape index (κ2) is 7.77. The molecule has 0 aliphatic heterocycles. The predicted octanol–water partition coefficient (Wildman–Crippen LogP) is 2.76. The minimum absolute atomic E-state index is 0.0211. The second-order valence-corrected chi connectivity index (χ2v) is 7.69. The van der Waals surface area contributed by atoms with Gasteiger partial charge in [-0.25, -0.2) is 13.1 Å². The Bertz CT molecular complexity index is 861. The molecule has 1 N–H and O–H groups in total. The SMILES string of the molecule is CCc1ccc(-c2cc(C(F)(F)F)on2)cc1S(=O)(=O)NCCN(C)C. The molecule has 0 spiro atoms. The van der Waals surface area contributed by atoms with Gasteiger partial charge >= 0.3 is 6.18 Å². The summed E-state index contributed by atoms with van der Waals surface area (Å²) < 4.78 is 70.0. The normalized spacial score (nSPS) is 12.7. The lowest BCUT2D eigenvalue weighted by Gasteiger charge is -2.14. The lowest BCUT2D eigenvalue weighted by molar-refractivity contribution is -0.155. The van der Waals surface area contributed by atoms with Gasteiger partial charge in [0.2, 0.25) is 15.8 Å². The summed E-state index contributed by atoms with van der Waals surface area (Å²) in [5, 5.41) is 3.40. The maximum Gasteiger partial charge on any atom is 0.452 e. The van der Waals surface area contributed by atoms with Crippen molar-refractivity contribution in [2.24, 2.45) is 0 Å². The molecule has 1 aromatic carbocycles. The van der Waals surface area contributed by atoms with E-state index in [1.165, 1.54) is 12.1 Å². The van der Waals surface area contributed by atoms with E-state index in [1.807, 2.05) is 19.0 Å². The van der Waals surface area contributed by atoms with E-state index in [9.17, 15) is 21.6 Å². The van der Waals surface area contributed by atoms with Crippen LogP contribution in [-0.4, -0.2) is 45.7 Å². The number of benzene rings is 1. The van der Waals surface area contributed by atoms with Gasteiger partial charge in [0.25, 0.3) is 0 Å². The highest BCUT2D eigenvalue weighted by Crippen LogP contribution is 2.33. The van der Waals surface area contributed by atoms with Crippen molar-refractivity contribution in [3.8, 4) is 11.3 Å². The summed E-state index contributed by atoms with van der Waals surface area (Å²) in [5.74, 6) is -1.24. The van der Waals surface area contributed by atoms with Gasteiger partial charge in [-0.3, -0.25) is 0 Å². The third-order valence-corrected chi connectivity index (χ3v) is 5.22. The molecule has 0 saturated carbocycles. The number of likely N-dealkylation sites (N-methyl/N-ethyl adjacent to an activating group) is 1. The van der Waals surface area contributed by atoms with E-state index < -0.39 is 22.0 Å². The van der Waals surface area contributed by atoms with Gasteiger partial charge in [0, 0.05) is 24.7 Å². The van der Waals surface area contributed by atoms with Crippen LogP contribution >= 0.6 is 0 Å². The highest BCUT2D eigenvalue weighted by molar-refractivity contribution is 7.89. The topological polar surface area (TPSA) is 75.4 Å². The molecule has 0 atom stereocenters. The van der Waals surface area contributed by atoms with Gasteiger partial charge in [-0.05, 0) is 32.1 Å². The van der Waals surface area contributed by atoms with Crippen LogP contribution in [0.3, 0.4) is 0 Å². The summed E-state index contributed by atoms with van der Waals surface area (Å²) in [7, 11) is -0.179. The smallest absolute Gasteiger partial charge is 0.351 e. The summed E-state index contributed by atoms with van der Waals surface area (Å²) in [6.07, 6.45) is -4.20. The van der Waals surface area contributed by atoms with E-state index >= 15 is 0 Å². The molecule has 10 heteroatoms. The first kappa shape index (κ1) is 20.4. The van der Waals surface area contributed by atoms with E-state index in [-0.39, 0.29) is 22.7 Å². The Labute approximate surface area is 150 Å². The van der Waals surface area contributed by atoms with Gasteiger partial charge < -0.3 is 9.42 Å². The highest BCUT2D eigenvalue weighted by atomic mass is 32.2.